The highest BCUT2D eigenvalue weighted by atomic mass is 16.5. The van der Waals surface area contributed by atoms with Gasteiger partial charge in [0.15, 0.2) is 0 Å². The second-order valence-electron chi connectivity index (χ2n) is 7.01. The molecule has 0 N–H and O–H groups in total. The number of carbonyl (C=O) groups is 1. The second kappa shape index (κ2) is 6.94. The first-order chi connectivity index (χ1) is 12.7. The van der Waals surface area contributed by atoms with Gasteiger partial charge in [-0.1, -0.05) is 6.07 Å². The smallest absolute Gasteiger partial charge is 0.254 e. The molecule has 2 aliphatic rings. The highest BCUT2D eigenvalue weighted by Gasteiger charge is 2.28. The molecule has 1 aromatic heterocycles. The Morgan fingerprint density at radius 3 is 2.62 bits per heavy atom. The second-order valence-corrected chi connectivity index (χ2v) is 7.01. The zero-order valence-electron chi connectivity index (χ0n) is 15.3. The summed E-state index contributed by atoms with van der Waals surface area (Å²) in [6.45, 7) is 4.94. The predicted octanol–water partition coefficient (Wildman–Crippen LogP) is 2.63. The molecule has 136 valence electrons. The molecule has 1 saturated carbocycles. The van der Waals surface area contributed by atoms with Gasteiger partial charge in [0.1, 0.15) is 17.4 Å². The van der Waals surface area contributed by atoms with Crippen LogP contribution < -0.4 is 9.64 Å². The summed E-state index contributed by atoms with van der Waals surface area (Å²) in [5, 5.41) is 0. The quantitative estimate of drug-likeness (QED) is 0.847. The Bertz CT molecular complexity index is 811. The summed E-state index contributed by atoms with van der Waals surface area (Å²) in [6, 6.07) is 7.60. The van der Waals surface area contributed by atoms with Crippen LogP contribution in [0.3, 0.4) is 0 Å². The predicted molar refractivity (Wildman–Crippen MR) is 99.9 cm³/mol. The molecule has 4 rings (SSSR count). The Morgan fingerprint density at radius 1 is 1.15 bits per heavy atom. The van der Waals surface area contributed by atoms with Gasteiger partial charge in [-0.05, 0) is 43.5 Å². The lowest BCUT2D eigenvalue weighted by molar-refractivity contribution is 0.0746. The van der Waals surface area contributed by atoms with Crippen LogP contribution in [-0.4, -0.2) is 54.1 Å². The number of carbonyl (C=O) groups excluding carboxylic acids is 1. The normalized spacial score (nSPS) is 17.3. The van der Waals surface area contributed by atoms with Crippen LogP contribution in [0.5, 0.6) is 5.75 Å². The number of methoxy groups -OCH3 is 1. The van der Waals surface area contributed by atoms with Crippen molar-refractivity contribution in [3.8, 4) is 5.75 Å². The number of rotatable bonds is 4. The van der Waals surface area contributed by atoms with Crippen molar-refractivity contribution in [2.24, 2.45) is 0 Å². The van der Waals surface area contributed by atoms with E-state index < -0.39 is 0 Å². The number of piperazine rings is 1. The van der Waals surface area contributed by atoms with Crippen LogP contribution in [0.25, 0.3) is 0 Å². The Labute approximate surface area is 153 Å². The fourth-order valence-electron chi connectivity index (χ4n) is 3.35. The van der Waals surface area contributed by atoms with Gasteiger partial charge in [0, 0.05) is 43.9 Å². The van der Waals surface area contributed by atoms with Gasteiger partial charge in [-0.3, -0.25) is 4.79 Å². The number of amides is 1. The van der Waals surface area contributed by atoms with Crippen molar-refractivity contribution in [2.45, 2.75) is 25.7 Å². The Balaban J connectivity index is 1.41. The zero-order valence-corrected chi connectivity index (χ0v) is 15.3. The van der Waals surface area contributed by atoms with Gasteiger partial charge in [-0.25, -0.2) is 9.97 Å². The van der Waals surface area contributed by atoms with Gasteiger partial charge in [0.2, 0.25) is 0 Å². The molecule has 6 nitrogen and oxygen atoms in total. The van der Waals surface area contributed by atoms with E-state index in [1.165, 1.54) is 12.8 Å². The lowest BCUT2D eigenvalue weighted by atomic mass is 10.1. The molecule has 0 atom stereocenters. The third-order valence-electron chi connectivity index (χ3n) is 5.15. The largest absolute Gasteiger partial charge is 0.496 e. The molecule has 2 heterocycles. The van der Waals surface area contributed by atoms with Crippen molar-refractivity contribution in [3.05, 3.63) is 47.4 Å². The lowest BCUT2D eigenvalue weighted by Crippen LogP contribution is -2.49. The third kappa shape index (κ3) is 3.36. The third-order valence-corrected chi connectivity index (χ3v) is 5.15. The number of hydrogen-bond acceptors (Lipinski definition) is 5. The van der Waals surface area contributed by atoms with E-state index in [-0.39, 0.29) is 5.91 Å². The molecular formula is C20H24N4O2. The van der Waals surface area contributed by atoms with Crippen molar-refractivity contribution in [3.63, 3.8) is 0 Å². The highest BCUT2D eigenvalue weighted by Crippen LogP contribution is 2.38. The van der Waals surface area contributed by atoms with Gasteiger partial charge in [0.25, 0.3) is 5.91 Å². The minimum Gasteiger partial charge on any atom is -0.496 e. The number of ether oxygens (including phenoxy) is 1. The summed E-state index contributed by atoms with van der Waals surface area (Å²) >= 11 is 0. The van der Waals surface area contributed by atoms with E-state index in [0.29, 0.717) is 24.6 Å². The standard InChI is InChI=1S/C20H24N4O2/c1-14-3-4-16(13-17(14)26-2)20(25)24-11-9-23(10-12-24)18-7-8-21-19(22-18)15-5-6-15/h3-4,7-8,13,15H,5-6,9-12H2,1-2H3. The topological polar surface area (TPSA) is 58.6 Å². The average Bonchev–Trinajstić information content (AvgIpc) is 3.53. The number of aryl methyl sites for hydroxylation is 1. The number of aromatic nitrogens is 2. The van der Waals surface area contributed by atoms with E-state index in [1.807, 2.05) is 42.3 Å². The molecule has 0 spiro atoms. The molecule has 0 bridgehead atoms. The van der Waals surface area contributed by atoms with Gasteiger partial charge in [-0.2, -0.15) is 0 Å². The SMILES string of the molecule is COc1cc(C(=O)N2CCN(c3ccnc(C4CC4)n3)CC2)ccc1C. The maximum atomic E-state index is 12.8. The molecule has 1 aliphatic heterocycles. The average molecular weight is 352 g/mol. The van der Waals surface area contributed by atoms with E-state index in [2.05, 4.69) is 9.88 Å². The summed E-state index contributed by atoms with van der Waals surface area (Å²) in [5.74, 6) is 3.31. The van der Waals surface area contributed by atoms with E-state index in [0.717, 1.165) is 36.0 Å². The number of benzene rings is 1. The molecule has 0 unspecified atom stereocenters. The van der Waals surface area contributed by atoms with Gasteiger partial charge >= 0.3 is 0 Å². The lowest BCUT2D eigenvalue weighted by Gasteiger charge is -2.35. The maximum absolute atomic E-state index is 12.8. The molecule has 1 saturated heterocycles. The zero-order chi connectivity index (χ0) is 18.1. The fourth-order valence-corrected chi connectivity index (χ4v) is 3.35. The van der Waals surface area contributed by atoms with E-state index >= 15 is 0 Å². The van der Waals surface area contributed by atoms with Crippen molar-refractivity contribution in [2.75, 3.05) is 38.2 Å². The van der Waals surface area contributed by atoms with Crippen LogP contribution in [0.1, 0.15) is 40.5 Å². The molecule has 26 heavy (non-hydrogen) atoms. The Hall–Kier alpha value is -2.63. The first-order valence-corrected chi connectivity index (χ1v) is 9.17. The van der Waals surface area contributed by atoms with Crippen LogP contribution in [0, 0.1) is 6.92 Å². The number of anilines is 1. The first kappa shape index (κ1) is 16.8. The van der Waals surface area contributed by atoms with Crippen LogP contribution in [0.2, 0.25) is 0 Å². The molecular weight excluding hydrogens is 328 g/mol. The highest BCUT2D eigenvalue weighted by molar-refractivity contribution is 5.95. The molecule has 2 fully saturated rings. The molecule has 2 aromatic rings. The van der Waals surface area contributed by atoms with Crippen LogP contribution in [-0.2, 0) is 0 Å². The number of nitrogens with zero attached hydrogens (tertiary/aromatic N) is 4. The van der Waals surface area contributed by atoms with Crippen LogP contribution in [0.4, 0.5) is 5.82 Å². The van der Waals surface area contributed by atoms with Crippen LogP contribution in [0.15, 0.2) is 30.5 Å². The van der Waals surface area contributed by atoms with Crippen molar-refractivity contribution >= 4 is 11.7 Å². The molecule has 6 heteroatoms. The fraction of sp³-hybridized carbons (Fsp3) is 0.450. The Kier molecular flexibility index (Phi) is 4.49. The summed E-state index contributed by atoms with van der Waals surface area (Å²) in [6.07, 6.45) is 4.25. The maximum Gasteiger partial charge on any atom is 0.254 e. The first-order valence-electron chi connectivity index (χ1n) is 9.17. The summed E-state index contributed by atoms with van der Waals surface area (Å²) in [7, 11) is 1.63. The van der Waals surface area contributed by atoms with Gasteiger partial charge in [-0.15, -0.1) is 0 Å². The molecule has 0 radical (unpaired) electrons. The summed E-state index contributed by atoms with van der Waals surface area (Å²) in [5.41, 5.74) is 1.71. The minimum absolute atomic E-state index is 0.0595. The van der Waals surface area contributed by atoms with E-state index in [4.69, 9.17) is 9.72 Å². The molecule has 1 aromatic carbocycles. The Morgan fingerprint density at radius 2 is 1.92 bits per heavy atom. The van der Waals surface area contributed by atoms with Gasteiger partial charge < -0.3 is 14.5 Å². The van der Waals surface area contributed by atoms with E-state index in [1.54, 1.807) is 7.11 Å². The van der Waals surface area contributed by atoms with Crippen LogP contribution >= 0.6 is 0 Å². The van der Waals surface area contributed by atoms with Crippen molar-refractivity contribution in [1.82, 2.24) is 14.9 Å². The molecule has 1 aliphatic carbocycles. The summed E-state index contributed by atoms with van der Waals surface area (Å²) in [4.78, 5) is 26.1. The molecule has 1 amide bonds. The summed E-state index contributed by atoms with van der Waals surface area (Å²) < 4.78 is 5.34. The monoisotopic (exact) mass is 352 g/mol. The van der Waals surface area contributed by atoms with Gasteiger partial charge in [0.05, 0.1) is 7.11 Å². The van der Waals surface area contributed by atoms with Crippen molar-refractivity contribution in [1.29, 1.82) is 0 Å². The van der Waals surface area contributed by atoms with Crippen molar-refractivity contribution < 1.29 is 9.53 Å². The van der Waals surface area contributed by atoms with E-state index in [9.17, 15) is 4.79 Å². The minimum atomic E-state index is 0.0595. The number of hydrogen-bond donors (Lipinski definition) is 0.